The fraction of sp³-hybridized carbons (Fsp3) is 0.412. The van der Waals surface area contributed by atoms with Crippen molar-refractivity contribution in [1.29, 1.82) is 5.26 Å². The maximum Gasteiger partial charge on any atom is 0.265 e. The van der Waals surface area contributed by atoms with Crippen molar-refractivity contribution in [3.05, 3.63) is 40.0 Å². The number of hydrogen-bond donors (Lipinski definition) is 0. The van der Waals surface area contributed by atoms with E-state index >= 15 is 0 Å². The number of carbonyl (C=O) groups excluding carboxylic acids is 1. The molecule has 0 bridgehead atoms. The number of aryl methyl sites for hydroxylation is 1. The van der Waals surface area contributed by atoms with Gasteiger partial charge in [-0.3, -0.25) is 4.79 Å². The van der Waals surface area contributed by atoms with Crippen LogP contribution in [-0.2, 0) is 6.42 Å². The van der Waals surface area contributed by atoms with Crippen LogP contribution in [-0.4, -0.2) is 47.0 Å². The highest BCUT2D eigenvalue weighted by Crippen LogP contribution is 2.20. The van der Waals surface area contributed by atoms with Crippen molar-refractivity contribution >= 4 is 23.1 Å². The number of nitriles is 1. The quantitative estimate of drug-likeness (QED) is 0.857. The Kier molecular flexibility index (Phi) is 5.06. The van der Waals surface area contributed by atoms with Gasteiger partial charge in [0, 0.05) is 32.4 Å². The van der Waals surface area contributed by atoms with E-state index < -0.39 is 0 Å². The van der Waals surface area contributed by atoms with Crippen molar-refractivity contribution < 1.29 is 4.79 Å². The summed E-state index contributed by atoms with van der Waals surface area (Å²) >= 11 is 1.47. The van der Waals surface area contributed by atoms with Crippen LogP contribution in [0, 0.1) is 11.3 Å². The maximum atomic E-state index is 12.7. The number of aromatic nitrogens is 2. The van der Waals surface area contributed by atoms with Gasteiger partial charge in [-0.05, 0) is 25.0 Å². The van der Waals surface area contributed by atoms with Gasteiger partial charge < -0.3 is 9.80 Å². The van der Waals surface area contributed by atoms with Gasteiger partial charge >= 0.3 is 0 Å². The third kappa shape index (κ3) is 3.39. The Bertz CT molecular complexity index is 766. The zero-order valence-corrected chi connectivity index (χ0v) is 14.4. The lowest BCUT2D eigenvalue weighted by Gasteiger charge is -2.23. The summed E-state index contributed by atoms with van der Waals surface area (Å²) in [6.07, 6.45) is 5.09. The Morgan fingerprint density at radius 1 is 1.33 bits per heavy atom. The molecule has 0 N–H and O–H groups in total. The number of rotatable bonds is 3. The van der Waals surface area contributed by atoms with Crippen molar-refractivity contribution in [3.8, 4) is 6.07 Å². The highest BCUT2D eigenvalue weighted by atomic mass is 32.1. The summed E-state index contributed by atoms with van der Waals surface area (Å²) in [6.45, 7) is 4.84. The predicted octanol–water partition coefficient (Wildman–Crippen LogP) is 2.32. The molecule has 0 atom stereocenters. The van der Waals surface area contributed by atoms with Gasteiger partial charge in [-0.15, -0.1) is 11.3 Å². The molecule has 0 aliphatic carbocycles. The fourth-order valence-corrected chi connectivity index (χ4v) is 3.62. The lowest BCUT2D eigenvalue weighted by atomic mass is 10.2. The monoisotopic (exact) mass is 341 g/mol. The van der Waals surface area contributed by atoms with Crippen LogP contribution < -0.4 is 4.90 Å². The van der Waals surface area contributed by atoms with Gasteiger partial charge in [0.15, 0.2) is 0 Å². The Morgan fingerprint density at radius 3 is 2.96 bits per heavy atom. The minimum atomic E-state index is 0.0515. The summed E-state index contributed by atoms with van der Waals surface area (Å²) in [5.74, 6) is 0.760. The summed E-state index contributed by atoms with van der Waals surface area (Å²) < 4.78 is 0. The van der Waals surface area contributed by atoms with Crippen LogP contribution in [0.1, 0.15) is 33.6 Å². The predicted molar refractivity (Wildman–Crippen MR) is 93.2 cm³/mol. The van der Waals surface area contributed by atoms with E-state index in [0.717, 1.165) is 24.4 Å². The molecule has 2 aromatic heterocycles. The Morgan fingerprint density at radius 2 is 2.21 bits per heavy atom. The van der Waals surface area contributed by atoms with Gasteiger partial charge in [0.05, 0.1) is 16.8 Å². The fourth-order valence-electron chi connectivity index (χ4n) is 2.80. The van der Waals surface area contributed by atoms with Crippen molar-refractivity contribution in [2.75, 3.05) is 31.1 Å². The molecule has 1 aliphatic heterocycles. The van der Waals surface area contributed by atoms with Crippen LogP contribution in [0.5, 0.6) is 0 Å². The van der Waals surface area contributed by atoms with Crippen LogP contribution in [0.25, 0.3) is 0 Å². The van der Waals surface area contributed by atoms with Crippen molar-refractivity contribution in [2.45, 2.75) is 19.8 Å². The number of hydrogen-bond acceptors (Lipinski definition) is 6. The lowest BCUT2D eigenvalue weighted by Crippen LogP contribution is -2.35. The number of amides is 1. The Balaban J connectivity index is 1.71. The number of carbonyl (C=O) groups is 1. The van der Waals surface area contributed by atoms with E-state index in [1.807, 2.05) is 11.8 Å². The molecule has 24 heavy (non-hydrogen) atoms. The number of nitrogens with zero attached hydrogens (tertiary/aromatic N) is 5. The minimum absolute atomic E-state index is 0.0515. The van der Waals surface area contributed by atoms with E-state index in [2.05, 4.69) is 20.9 Å². The standard InChI is InChI=1S/C17H19N5OS/c1-2-15-20-12-14(24-15)17(23)22-8-4-7-21(9-10-22)16-13(11-18)5-3-6-19-16/h3,5-6,12H,2,4,7-10H2,1H3. The minimum Gasteiger partial charge on any atom is -0.354 e. The number of thiazole rings is 1. The first-order valence-electron chi connectivity index (χ1n) is 8.07. The van der Waals surface area contributed by atoms with Gasteiger partial charge in [-0.2, -0.15) is 5.26 Å². The zero-order chi connectivity index (χ0) is 16.9. The SMILES string of the molecule is CCc1ncc(C(=O)N2CCCN(c3ncccc3C#N)CC2)s1. The number of anilines is 1. The largest absolute Gasteiger partial charge is 0.354 e. The third-order valence-electron chi connectivity index (χ3n) is 4.06. The van der Waals surface area contributed by atoms with Crippen molar-refractivity contribution in [3.63, 3.8) is 0 Å². The van der Waals surface area contributed by atoms with Crippen LogP contribution in [0.3, 0.4) is 0 Å². The van der Waals surface area contributed by atoms with E-state index in [9.17, 15) is 10.1 Å². The summed E-state index contributed by atoms with van der Waals surface area (Å²) in [5.41, 5.74) is 0.576. The van der Waals surface area contributed by atoms with Gasteiger partial charge in [-0.25, -0.2) is 9.97 Å². The molecule has 124 valence electrons. The zero-order valence-electron chi connectivity index (χ0n) is 13.6. The molecule has 1 fully saturated rings. The first-order valence-corrected chi connectivity index (χ1v) is 8.88. The number of pyridine rings is 1. The maximum absolute atomic E-state index is 12.7. The molecule has 0 spiro atoms. The molecule has 0 unspecified atom stereocenters. The van der Waals surface area contributed by atoms with E-state index in [1.165, 1.54) is 11.3 Å². The molecule has 2 aromatic rings. The van der Waals surface area contributed by atoms with Crippen LogP contribution >= 0.6 is 11.3 Å². The summed E-state index contributed by atoms with van der Waals surface area (Å²) in [5, 5.41) is 10.2. The first kappa shape index (κ1) is 16.4. The van der Waals surface area contributed by atoms with Crippen molar-refractivity contribution in [1.82, 2.24) is 14.9 Å². The molecule has 1 amide bonds. The Labute approximate surface area is 145 Å². The second-order valence-corrected chi connectivity index (χ2v) is 6.71. The molecule has 0 aromatic carbocycles. The topological polar surface area (TPSA) is 73.1 Å². The van der Waals surface area contributed by atoms with Gasteiger partial charge in [0.1, 0.15) is 16.8 Å². The average Bonchev–Trinajstić information content (AvgIpc) is 2.98. The van der Waals surface area contributed by atoms with Crippen molar-refractivity contribution in [2.24, 2.45) is 0 Å². The molecule has 0 radical (unpaired) electrons. The molecule has 3 heterocycles. The summed E-state index contributed by atoms with van der Waals surface area (Å²) in [4.78, 5) is 26.0. The smallest absolute Gasteiger partial charge is 0.265 e. The highest BCUT2D eigenvalue weighted by molar-refractivity contribution is 7.13. The van der Waals surface area contributed by atoms with Gasteiger partial charge in [-0.1, -0.05) is 6.92 Å². The van der Waals surface area contributed by atoms with Gasteiger partial charge in [0.2, 0.25) is 0 Å². The van der Waals surface area contributed by atoms with E-state index in [1.54, 1.807) is 24.5 Å². The van der Waals surface area contributed by atoms with Crippen LogP contribution in [0.15, 0.2) is 24.5 Å². The van der Waals surface area contributed by atoms with Gasteiger partial charge in [0.25, 0.3) is 5.91 Å². The Hall–Kier alpha value is -2.46. The lowest BCUT2D eigenvalue weighted by molar-refractivity contribution is 0.0771. The average molecular weight is 341 g/mol. The van der Waals surface area contributed by atoms with E-state index in [0.29, 0.717) is 35.9 Å². The second-order valence-electron chi connectivity index (χ2n) is 5.59. The van der Waals surface area contributed by atoms with Crippen LogP contribution in [0.4, 0.5) is 5.82 Å². The second kappa shape index (κ2) is 7.41. The molecule has 7 heteroatoms. The molecule has 1 aliphatic rings. The molecule has 6 nitrogen and oxygen atoms in total. The normalized spacial score (nSPS) is 15.0. The molecule has 1 saturated heterocycles. The highest BCUT2D eigenvalue weighted by Gasteiger charge is 2.23. The molecular formula is C17H19N5OS. The first-order chi connectivity index (χ1) is 11.7. The van der Waals surface area contributed by atoms with E-state index in [4.69, 9.17) is 0 Å². The molecular weight excluding hydrogens is 322 g/mol. The third-order valence-corrected chi connectivity index (χ3v) is 5.19. The summed E-state index contributed by atoms with van der Waals surface area (Å²) in [7, 11) is 0. The van der Waals surface area contributed by atoms with Crippen LogP contribution in [0.2, 0.25) is 0 Å². The molecule has 0 saturated carbocycles. The summed E-state index contributed by atoms with van der Waals surface area (Å²) in [6, 6.07) is 5.74. The van der Waals surface area contributed by atoms with E-state index in [-0.39, 0.29) is 5.91 Å². The molecule has 3 rings (SSSR count).